The first-order valence-electron chi connectivity index (χ1n) is 4.37. The van der Waals surface area contributed by atoms with Gasteiger partial charge in [-0.05, 0) is 12.8 Å². The maximum absolute atomic E-state index is 10.5. The third kappa shape index (κ3) is 9.14. The van der Waals surface area contributed by atoms with E-state index in [2.05, 4.69) is 16.1 Å². The van der Waals surface area contributed by atoms with E-state index in [1.165, 1.54) is 0 Å². The van der Waals surface area contributed by atoms with Gasteiger partial charge in [0.2, 0.25) is 5.91 Å². The second-order valence-corrected chi connectivity index (χ2v) is 3.12. The molecule has 0 radical (unpaired) electrons. The fourth-order valence-corrected chi connectivity index (χ4v) is 0.883. The topological polar surface area (TPSA) is 32.1 Å². The van der Waals surface area contributed by atoms with Crippen LogP contribution in [0.5, 0.6) is 0 Å². The van der Waals surface area contributed by atoms with Crippen molar-refractivity contribution in [3.63, 3.8) is 0 Å². The molecular formula is C9H19N2O+. The summed E-state index contributed by atoms with van der Waals surface area (Å²) in [6.07, 6.45) is 5.43. The van der Waals surface area contributed by atoms with Crippen LogP contribution in [-0.4, -0.2) is 37.3 Å². The van der Waals surface area contributed by atoms with Gasteiger partial charge < -0.3 is 5.32 Å². The summed E-state index contributed by atoms with van der Waals surface area (Å²) in [5, 5.41) is 2.77. The van der Waals surface area contributed by atoms with Crippen LogP contribution in [0.2, 0.25) is 0 Å². The quantitative estimate of drug-likeness (QED) is 0.214. The molecule has 1 amide bonds. The maximum Gasteiger partial charge on any atom is 0.216 e. The fourth-order valence-electron chi connectivity index (χ4n) is 0.883. The smallest absolute Gasteiger partial charge is 0.216 e. The first-order chi connectivity index (χ1) is 5.63. The Labute approximate surface area is 74.5 Å². The monoisotopic (exact) mass is 173 g/mol. The Morgan fingerprint density at radius 3 is 2.58 bits per heavy atom. The molecule has 0 aromatic heterocycles. The van der Waals surface area contributed by atoms with E-state index in [9.17, 15) is 4.79 Å². The minimum absolute atomic E-state index is 0.0617. The third-order valence-electron chi connectivity index (χ3n) is 1.50. The predicted molar refractivity (Wildman–Crippen MR) is 50.7 cm³/mol. The van der Waals surface area contributed by atoms with Crippen molar-refractivity contribution < 1.29 is 9.37 Å². The molecule has 0 aromatic rings. The zero-order valence-electron chi connectivity index (χ0n) is 8.26. The number of hydrogen-bond donors (Lipinski definition) is 1. The average molecular weight is 173 g/mol. The lowest BCUT2D eigenvalue weighted by Gasteiger charge is -1.98. The van der Waals surface area contributed by atoms with Gasteiger partial charge in [0.15, 0.2) is 0 Å². The number of nitrogens with one attached hydrogen (secondary N) is 1. The molecule has 0 aromatic carbocycles. The van der Waals surface area contributed by atoms with Crippen molar-refractivity contribution in [3.8, 4) is 0 Å². The fraction of sp³-hybridized carbons (Fsp3) is 0.778. The SMILES string of the molecule is CC(=O)NCCCCC=[15N+](C)[13CH3]. The Morgan fingerprint density at radius 2 is 2.08 bits per heavy atom. The highest BCUT2D eigenvalue weighted by atomic mass is 16.1. The molecule has 0 saturated carbocycles. The van der Waals surface area contributed by atoms with E-state index in [0.717, 1.165) is 25.8 Å². The van der Waals surface area contributed by atoms with Crippen LogP contribution in [0.1, 0.15) is 26.2 Å². The molecule has 0 atom stereocenters. The Hall–Kier alpha value is -0.860. The summed E-state index contributed by atoms with van der Waals surface area (Å²) in [5.74, 6) is 0.0617. The highest BCUT2D eigenvalue weighted by Crippen LogP contribution is 1.90. The Balaban J connectivity index is 3.11. The van der Waals surface area contributed by atoms with E-state index in [0.29, 0.717) is 0 Å². The average Bonchev–Trinajstić information content (AvgIpc) is 1.95. The number of unbranched alkanes of at least 4 members (excludes halogenated alkanes) is 2. The molecule has 0 heterocycles. The molecule has 1 N–H and O–H groups in total. The molecular weight excluding hydrogens is 154 g/mol. The van der Waals surface area contributed by atoms with Gasteiger partial charge >= 0.3 is 0 Å². The summed E-state index contributed by atoms with van der Waals surface area (Å²) in [6.45, 7) is 2.35. The molecule has 0 fully saturated rings. The minimum atomic E-state index is 0.0617. The molecule has 0 aliphatic heterocycles. The second-order valence-electron chi connectivity index (χ2n) is 3.12. The van der Waals surface area contributed by atoms with Crippen LogP contribution >= 0.6 is 0 Å². The van der Waals surface area contributed by atoms with Gasteiger partial charge in [-0.2, -0.15) is 0 Å². The minimum Gasteiger partial charge on any atom is -0.356 e. The standard InChI is InChI=1S/C9H18N2O/c1-9(12)10-7-5-4-6-8-11(2)3/h8H,4-7H2,1-3H3/p+1/i2+1,11+1. The van der Waals surface area contributed by atoms with Crippen molar-refractivity contribution in [2.24, 2.45) is 0 Å². The van der Waals surface area contributed by atoms with Gasteiger partial charge in [0.05, 0.1) is 0 Å². The highest BCUT2D eigenvalue weighted by Gasteiger charge is 1.91. The van der Waals surface area contributed by atoms with Crippen molar-refractivity contribution in [2.75, 3.05) is 20.6 Å². The Bertz CT molecular complexity index is 160. The summed E-state index contributed by atoms with van der Waals surface area (Å²) in [4.78, 5) is 10.5. The molecule has 0 unspecified atom stereocenters. The van der Waals surface area contributed by atoms with Crippen LogP contribution in [-0.2, 0) is 4.79 Å². The van der Waals surface area contributed by atoms with Gasteiger partial charge in [-0.1, -0.05) is 0 Å². The van der Waals surface area contributed by atoms with E-state index in [1.807, 2.05) is 14.1 Å². The molecule has 0 saturated heterocycles. The Morgan fingerprint density at radius 1 is 1.42 bits per heavy atom. The van der Waals surface area contributed by atoms with Crippen LogP contribution in [0.3, 0.4) is 0 Å². The second kappa shape index (κ2) is 6.83. The van der Waals surface area contributed by atoms with Crippen LogP contribution in [0.4, 0.5) is 0 Å². The van der Waals surface area contributed by atoms with Crippen molar-refractivity contribution in [1.82, 2.24) is 5.32 Å². The number of amides is 1. The molecule has 70 valence electrons. The number of rotatable bonds is 5. The maximum atomic E-state index is 10.5. The van der Waals surface area contributed by atoms with Gasteiger partial charge in [0.1, 0.15) is 20.3 Å². The van der Waals surface area contributed by atoms with Gasteiger partial charge in [-0.25, -0.2) is 4.58 Å². The van der Waals surface area contributed by atoms with Gasteiger partial charge in [0.25, 0.3) is 0 Å². The molecule has 0 spiro atoms. The third-order valence-corrected chi connectivity index (χ3v) is 1.50. The number of carbonyl (C=O) groups excluding carboxylic acids is 1. The van der Waals surface area contributed by atoms with Crippen LogP contribution in [0.25, 0.3) is 0 Å². The number of hydrogen-bond acceptors (Lipinski definition) is 1. The van der Waals surface area contributed by atoms with E-state index < -0.39 is 0 Å². The van der Waals surface area contributed by atoms with Crippen molar-refractivity contribution >= 4 is 12.1 Å². The molecule has 0 aliphatic rings. The lowest BCUT2D eigenvalue weighted by atomic mass is 10.2. The van der Waals surface area contributed by atoms with E-state index >= 15 is 0 Å². The summed E-state index contributed by atoms with van der Waals surface area (Å²) >= 11 is 0. The van der Waals surface area contributed by atoms with Crippen LogP contribution in [0.15, 0.2) is 0 Å². The van der Waals surface area contributed by atoms with Gasteiger partial charge in [-0.15, -0.1) is 0 Å². The first-order valence-corrected chi connectivity index (χ1v) is 4.37. The predicted octanol–water partition coefficient (Wildman–Crippen LogP) is 0.636. The van der Waals surface area contributed by atoms with Crippen LogP contribution < -0.4 is 5.32 Å². The van der Waals surface area contributed by atoms with Crippen LogP contribution in [0, 0.1) is 0 Å². The molecule has 3 heteroatoms. The van der Waals surface area contributed by atoms with Crippen molar-refractivity contribution in [3.05, 3.63) is 0 Å². The zero-order chi connectivity index (χ0) is 9.40. The normalized spacial score (nSPS) is 11.4. The van der Waals surface area contributed by atoms with E-state index in [1.54, 1.807) is 6.92 Å². The molecule has 3 nitrogen and oxygen atoms in total. The first kappa shape index (κ1) is 11.1. The molecule has 0 aliphatic carbocycles. The van der Waals surface area contributed by atoms with Crippen molar-refractivity contribution in [2.45, 2.75) is 26.2 Å². The molecule has 12 heavy (non-hydrogen) atoms. The Kier molecular flexibility index (Phi) is 6.34. The van der Waals surface area contributed by atoms with Crippen molar-refractivity contribution in [1.29, 1.82) is 0 Å². The molecule has 0 bridgehead atoms. The number of nitrogens with zero attached hydrogens (tertiary/aromatic N) is 1. The van der Waals surface area contributed by atoms with Gasteiger partial charge in [0, 0.05) is 19.9 Å². The summed E-state index contributed by atoms with van der Waals surface area (Å²) < 4.78 is 2.05. The lowest BCUT2D eigenvalue weighted by Crippen LogP contribution is -2.20. The summed E-state index contributed by atoms with van der Waals surface area (Å²) in [5.41, 5.74) is 0. The molecule has 0 rings (SSSR count). The van der Waals surface area contributed by atoms with E-state index in [-0.39, 0.29) is 5.91 Å². The largest absolute Gasteiger partial charge is 0.356 e. The summed E-state index contributed by atoms with van der Waals surface area (Å²) in [6, 6.07) is 0. The number of carbonyl (C=O) groups is 1. The summed E-state index contributed by atoms with van der Waals surface area (Å²) in [7, 11) is 4.04. The van der Waals surface area contributed by atoms with Gasteiger partial charge in [-0.3, -0.25) is 4.79 Å². The highest BCUT2D eigenvalue weighted by molar-refractivity contribution is 5.72. The van der Waals surface area contributed by atoms with E-state index in [4.69, 9.17) is 0 Å². The zero-order valence-corrected chi connectivity index (χ0v) is 8.26. The lowest BCUT2D eigenvalue weighted by molar-refractivity contribution is -0.460.